The van der Waals surface area contributed by atoms with Crippen LogP contribution in [0.1, 0.15) is 24.1 Å². The van der Waals surface area contributed by atoms with E-state index in [-0.39, 0.29) is 5.91 Å². The number of rotatable bonds is 5. The summed E-state index contributed by atoms with van der Waals surface area (Å²) >= 11 is 1.72. The summed E-state index contributed by atoms with van der Waals surface area (Å²) in [7, 11) is 1.89. The van der Waals surface area contributed by atoms with E-state index in [2.05, 4.69) is 38.6 Å². The minimum absolute atomic E-state index is 0.0565. The minimum Gasteiger partial charge on any atom is -0.367 e. The van der Waals surface area contributed by atoms with Gasteiger partial charge in [-0.05, 0) is 44.4 Å². The van der Waals surface area contributed by atoms with Crippen LogP contribution in [0, 0.1) is 6.92 Å². The number of carbonyl (C=O) groups is 1. The lowest BCUT2D eigenvalue weighted by molar-refractivity contribution is -0.117. The first kappa shape index (κ1) is 19.9. The van der Waals surface area contributed by atoms with Crippen molar-refractivity contribution in [3.63, 3.8) is 0 Å². The summed E-state index contributed by atoms with van der Waals surface area (Å²) in [5.74, 6) is 1.46. The molecule has 3 aromatic heterocycles. The number of hydrogen-bond donors (Lipinski definition) is 2. The molecule has 0 bridgehead atoms. The average Bonchev–Trinajstić information content (AvgIpc) is 3.34. The molecule has 0 aromatic carbocycles. The molecule has 1 aliphatic heterocycles. The van der Waals surface area contributed by atoms with Gasteiger partial charge in [-0.2, -0.15) is 0 Å². The van der Waals surface area contributed by atoms with Crippen LogP contribution in [0.3, 0.4) is 0 Å². The van der Waals surface area contributed by atoms with Gasteiger partial charge in [0.15, 0.2) is 0 Å². The highest BCUT2D eigenvalue weighted by Gasteiger charge is 2.26. The van der Waals surface area contributed by atoms with Crippen molar-refractivity contribution >= 4 is 44.9 Å². The van der Waals surface area contributed by atoms with Gasteiger partial charge in [-0.15, -0.1) is 11.3 Å². The molecule has 0 saturated heterocycles. The van der Waals surface area contributed by atoms with Gasteiger partial charge in [0, 0.05) is 36.6 Å². The molecule has 5 rings (SSSR count). The summed E-state index contributed by atoms with van der Waals surface area (Å²) in [6, 6.07) is 6.64. The van der Waals surface area contributed by atoms with Crippen LogP contribution in [-0.2, 0) is 4.79 Å². The Labute approximate surface area is 185 Å². The molecule has 3 aromatic rings. The monoisotopic (exact) mass is 435 g/mol. The van der Waals surface area contributed by atoms with E-state index in [0.29, 0.717) is 24.6 Å². The Morgan fingerprint density at radius 3 is 2.74 bits per heavy atom. The largest absolute Gasteiger partial charge is 0.367 e. The molecule has 0 unspecified atom stereocenters. The number of thiophene rings is 1. The van der Waals surface area contributed by atoms with E-state index in [1.54, 1.807) is 28.6 Å². The van der Waals surface area contributed by atoms with Crippen LogP contribution in [0.5, 0.6) is 0 Å². The number of carbonyl (C=O) groups excluding carboxylic acids is 1. The van der Waals surface area contributed by atoms with E-state index in [1.807, 2.05) is 36.5 Å². The molecule has 4 heterocycles. The van der Waals surface area contributed by atoms with Crippen molar-refractivity contribution in [3.8, 4) is 0 Å². The summed E-state index contributed by atoms with van der Waals surface area (Å²) in [6.45, 7) is 2.79. The van der Waals surface area contributed by atoms with Crippen molar-refractivity contribution < 1.29 is 4.79 Å². The lowest BCUT2D eigenvalue weighted by Gasteiger charge is -2.32. The molecule has 1 amide bonds. The predicted octanol–water partition coefficient (Wildman–Crippen LogP) is 3.59. The van der Waals surface area contributed by atoms with Gasteiger partial charge in [0.05, 0.1) is 28.3 Å². The maximum absolute atomic E-state index is 12.2. The van der Waals surface area contributed by atoms with E-state index < -0.39 is 0 Å². The number of pyridine rings is 1. The number of aromatic nitrogens is 3. The van der Waals surface area contributed by atoms with Gasteiger partial charge in [-0.25, -0.2) is 25.0 Å². The van der Waals surface area contributed by atoms with Gasteiger partial charge in [0.1, 0.15) is 5.82 Å². The van der Waals surface area contributed by atoms with Gasteiger partial charge >= 0.3 is 0 Å². The van der Waals surface area contributed by atoms with Crippen LogP contribution in [0.2, 0.25) is 0 Å². The Kier molecular flexibility index (Phi) is 5.29. The Bertz CT molecular complexity index is 1130. The normalized spacial score (nSPS) is 21.7. The van der Waals surface area contributed by atoms with E-state index in [9.17, 15) is 4.79 Å². The van der Waals surface area contributed by atoms with Crippen LogP contribution in [0.15, 0.2) is 42.7 Å². The molecule has 160 valence electrons. The smallest absolute Gasteiger partial charge is 0.265 e. The molecule has 0 radical (unpaired) electrons. The second-order valence-corrected chi connectivity index (χ2v) is 9.38. The zero-order chi connectivity index (χ0) is 21.4. The fraction of sp³-hybridized carbons (Fsp3) is 0.364. The third-order valence-corrected chi connectivity index (χ3v) is 6.66. The van der Waals surface area contributed by atoms with Crippen molar-refractivity contribution in [1.82, 2.24) is 20.0 Å². The molecule has 1 saturated carbocycles. The molecule has 9 heteroatoms. The van der Waals surface area contributed by atoms with Crippen molar-refractivity contribution in [3.05, 3.63) is 47.6 Å². The van der Waals surface area contributed by atoms with Crippen LogP contribution in [0.25, 0.3) is 10.2 Å². The van der Waals surface area contributed by atoms with Gasteiger partial charge in [0.2, 0.25) is 5.95 Å². The zero-order valence-electron chi connectivity index (χ0n) is 17.6. The first-order valence-corrected chi connectivity index (χ1v) is 11.3. The highest BCUT2D eigenvalue weighted by atomic mass is 32.1. The summed E-state index contributed by atoms with van der Waals surface area (Å²) in [5, 5.41) is 10.5. The van der Waals surface area contributed by atoms with E-state index in [0.717, 1.165) is 41.0 Å². The van der Waals surface area contributed by atoms with Crippen LogP contribution >= 0.6 is 11.3 Å². The van der Waals surface area contributed by atoms with E-state index in [4.69, 9.17) is 0 Å². The van der Waals surface area contributed by atoms with Crippen molar-refractivity contribution in [2.45, 2.75) is 38.3 Å². The number of hydrazine groups is 1. The van der Waals surface area contributed by atoms with Gasteiger partial charge in [-0.3, -0.25) is 4.79 Å². The predicted molar refractivity (Wildman–Crippen MR) is 124 cm³/mol. The lowest BCUT2D eigenvalue weighted by Crippen LogP contribution is -2.46. The number of nitrogens with one attached hydrogen (secondary N) is 2. The Morgan fingerprint density at radius 1 is 1.13 bits per heavy atom. The maximum Gasteiger partial charge on any atom is 0.265 e. The zero-order valence-corrected chi connectivity index (χ0v) is 18.4. The molecular formula is C22H25N7OS. The summed E-state index contributed by atoms with van der Waals surface area (Å²) in [6.07, 6.45) is 10.2. The highest BCUT2D eigenvalue weighted by Crippen LogP contribution is 2.27. The van der Waals surface area contributed by atoms with E-state index in [1.165, 1.54) is 4.88 Å². The second kappa shape index (κ2) is 8.24. The third-order valence-electron chi connectivity index (χ3n) is 5.68. The summed E-state index contributed by atoms with van der Waals surface area (Å²) < 4.78 is 1.12. The quantitative estimate of drug-likeness (QED) is 0.633. The number of fused-ring (bicyclic) bond motifs is 1. The standard InChI is InChI=1S/C22H25N7OS/c1-14-10-18-19(31-14)13-24-22(27-18)26-16-6-5-15(11-16)25-20-8-7-17(12-23-20)29-21(30)4-3-9-28(29)2/h3-4,7-8,10,12-13,15-16H,5-6,9,11H2,1-2H3,(H,23,25)(H,24,26,27)/t15-,16-/m0/s1. The van der Waals surface area contributed by atoms with Crippen molar-refractivity contribution in [2.75, 3.05) is 29.2 Å². The summed E-state index contributed by atoms with van der Waals surface area (Å²) in [5.41, 5.74) is 1.77. The number of likely N-dealkylation sites (N-methyl/N-ethyl adjacent to an activating group) is 1. The van der Waals surface area contributed by atoms with E-state index >= 15 is 0 Å². The lowest BCUT2D eigenvalue weighted by atomic mass is 10.2. The molecule has 2 atom stereocenters. The Hall–Kier alpha value is -3.04. The molecular weight excluding hydrogens is 410 g/mol. The molecule has 2 N–H and O–H groups in total. The number of aryl methyl sites for hydroxylation is 1. The van der Waals surface area contributed by atoms with Crippen molar-refractivity contribution in [1.29, 1.82) is 0 Å². The van der Waals surface area contributed by atoms with Crippen molar-refractivity contribution in [2.24, 2.45) is 0 Å². The molecule has 0 spiro atoms. The average molecular weight is 436 g/mol. The second-order valence-electron chi connectivity index (χ2n) is 8.09. The fourth-order valence-electron chi connectivity index (χ4n) is 4.21. The Morgan fingerprint density at radius 2 is 1.97 bits per heavy atom. The van der Waals surface area contributed by atoms with Crippen LogP contribution < -0.4 is 15.6 Å². The molecule has 31 heavy (non-hydrogen) atoms. The van der Waals surface area contributed by atoms with Gasteiger partial charge in [-0.1, -0.05) is 6.08 Å². The Balaban J connectivity index is 1.18. The topological polar surface area (TPSA) is 86.3 Å². The van der Waals surface area contributed by atoms with Crippen LogP contribution in [0.4, 0.5) is 17.5 Å². The number of amides is 1. The molecule has 2 aliphatic rings. The molecule has 8 nitrogen and oxygen atoms in total. The minimum atomic E-state index is -0.0565. The number of anilines is 3. The highest BCUT2D eigenvalue weighted by molar-refractivity contribution is 7.18. The molecule has 1 aliphatic carbocycles. The third kappa shape index (κ3) is 4.24. The maximum atomic E-state index is 12.2. The first-order valence-electron chi connectivity index (χ1n) is 10.5. The number of hydrogen-bond acceptors (Lipinski definition) is 8. The fourth-order valence-corrected chi connectivity index (χ4v) is 5.05. The number of nitrogens with zero attached hydrogens (tertiary/aromatic N) is 5. The molecule has 1 fully saturated rings. The van der Waals surface area contributed by atoms with Crippen LogP contribution in [-0.4, -0.2) is 51.5 Å². The summed E-state index contributed by atoms with van der Waals surface area (Å²) in [4.78, 5) is 27.1. The van der Waals surface area contributed by atoms with Gasteiger partial charge in [0.25, 0.3) is 5.91 Å². The van der Waals surface area contributed by atoms with Gasteiger partial charge < -0.3 is 10.6 Å². The SMILES string of the molecule is Cc1cc2nc(N[C@H]3CC[C@H](Nc4ccc(N5C(=O)C=CCN5C)cn4)C3)ncc2s1. The first-order chi connectivity index (χ1) is 15.0.